The summed E-state index contributed by atoms with van der Waals surface area (Å²) in [5, 5.41) is 0. The van der Waals surface area contributed by atoms with Crippen molar-refractivity contribution in [1.29, 1.82) is 0 Å². The van der Waals surface area contributed by atoms with Gasteiger partial charge in [-0.25, -0.2) is 9.18 Å². The number of hydrogen-bond acceptors (Lipinski definition) is 3. The summed E-state index contributed by atoms with van der Waals surface area (Å²) in [7, 11) is 0. The molecule has 0 N–H and O–H groups in total. The summed E-state index contributed by atoms with van der Waals surface area (Å²) < 4.78 is 17.9. The third-order valence-electron chi connectivity index (χ3n) is 2.44. The number of ether oxygens (including phenoxy) is 1. The Balaban J connectivity index is 2.37. The van der Waals surface area contributed by atoms with Crippen LogP contribution in [0.15, 0.2) is 23.2 Å². The second kappa shape index (κ2) is 4.43. The van der Waals surface area contributed by atoms with Gasteiger partial charge in [0.15, 0.2) is 5.71 Å². The molecule has 0 saturated heterocycles. The third kappa shape index (κ3) is 1.96. The lowest BCUT2D eigenvalue weighted by Gasteiger charge is -2.15. The second-order valence-corrected chi connectivity index (χ2v) is 3.50. The maximum atomic E-state index is 13.0. The van der Waals surface area contributed by atoms with Crippen LogP contribution in [0.2, 0.25) is 0 Å². The van der Waals surface area contributed by atoms with Crippen molar-refractivity contribution in [1.82, 2.24) is 0 Å². The normalized spacial score (nSPS) is 14.0. The molecule has 2 rings (SSSR count). The average Bonchev–Trinajstić information content (AvgIpc) is 2.28. The van der Waals surface area contributed by atoms with Crippen LogP contribution < -0.4 is 0 Å². The number of carbonyl (C=O) groups excluding carboxylic acids is 1. The van der Waals surface area contributed by atoms with E-state index in [4.69, 9.17) is 4.74 Å². The number of fused-ring (bicyclic) bond motifs is 1. The Morgan fingerprint density at radius 3 is 3.12 bits per heavy atom. The van der Waals surface area contributed by atoms with Crippen molar-refractivity contribution in [3.8, 4) is 0 Å². The van der Waals surface area contributed by atoms with Gasteiger partial charge in [0.1, 0.15) is 5.82 Å². The zero-order chi connectivity index (χ0) is 11.5. The summed E-state index contributed by atoms with van der Waals surface area (Å²) in [6, 6.07) is 4.36. The summed E-state index contributed by atoms with van der Waals surface area (Å²) in [5.74, 6) is -0.723. The molecule has 1 aromatic rings. The quantitative estimate of drug-likeness (QED) is 0.713. The Morgan fingerprint density at radius 1 is 1.56 bits per heavy atom. The molecule has 1 heterocycles. The molecule has 1 aromatic carbocycles. The fourth-order valence-corrected chi connectivity index (χ4v) is 1.75. The maximum Gasteiger partial charge on any atom is 0.357 e. The largest absolute Gasteiger partial charge is 0.461 e. The van der Waals surface area contributed by atoms with Gasteiger partial charge in [0, 0.05) is 12.1 Å². The Kier molecular flexibility index (Phi) is 2.99. The molecule has 0 amide bonds. The minimum absolute atomic E-state index is 0.288. The lowest BCUT2D eigenvalue weighted by molar-refractivity contribution is -0.134. The van der Waals surface area contributed by atoms with E-state index in [1.54, 1.807) is 13.0 Å². The molecule has 0 aliphatic carbocycles. The van der Waals surface area contributed by atoms with Crippen molar-refractivity contribution >= 4 is 11.7 Å². The Hall–Kier alpha value is -1.71. The maximum absolute atomic E-state index is 13.0. The van der Waals surface area contributed by atoms with E-state index in [1.807, 2.05) is 0 Å². The number of aliphatic imine (C=N–C) groups is 1. The Morgan fingerprint density at radius 2 is 2.38 bits per heavy atom. The molecule has 84 valence electrons. The van der Waals surface area contributed by atoms with Crippen LogP contribution in [0.25, 0.3) is 0 Å². The van der Waals surface area contributed by atoms with Crippen LogP contribution >= 0.6 is 0 Å². The number of nitrogens with zero attached hydrogens (tertiary/aromatic N) is 1. The molecule has 16 heavy (non-hydrogen) atoms. The SMILES string of the molecule is CCOC(=O)C1=NCCc2cc(F)ccc21. The standard InChI is InChI=1S/C12H12FNO2/c1-2-16-12(15)11-10-4-3-9(13)7-8(10)5-6-14-11/h3-4,7H,2,5-6H2,1H3. The van der Waals surface area contributed by atoms with E-state index in [0.717, 1.165) is 5.56 Å². The molecule has 0 aromatic heterocycles. The molecule has 0 atom stereocenters. The van der Waals surface area contributed by atoms with Crippen molar-refractivity contribution in [3.05, 3.63) is 35.1 Å². The first-order chi connectivity index (χ1) is 7.72. The van der Waals surface area contributed by atoms with E-state index in [1.165, 1.54) is 12.1 Å². The highest BCUT2D eigenvalue weighted by molar-refractivity contribution is 6.43. The molecule has 0 radical (unpaired) electrons. The molecule has 0 unspecified atom stereocenters. The molecular weight excluding hydrogens is 209 g/mol. The first kappa shape index (κ1) is 10.8. The van der Waals surface area contributed by atoms with E-state index >= 15 is 0 Å². The van der Waals surface area contributed by atoms with Crippen LogP contribution in [0.4, 0.5) is 4.39 Å². The first-order valence-corrected chi connectivity index (χ1v) is 5.22. The third-order valence-corrected chi connectivity index (χ3v) is 2.44. The van der Waals surface area contributed by atoms with Gasteiger partial charge in [-0.1, -0.05) is 0 Å². The van der Waals surface area contributed by atoms with Gasteiger partial charge < -0.3 is 4.74 Å². The molecule has 0 spiro atoms. The topological polar surface area (TPSA) is 38.7 Å². The number of carbonyl (C=O) groups is 1. The highest BCUT2D eigenvalue weighted by Gasteiger charge is 2.21. The van der Waals surface area contributed by atoms with E-state index in [0.29, 0.717) is 30.8 Å². The molecule has 0 saturated carbocycles. The van der Waals surface area contributed by atoms with E-state index in [-0.39, 0.29) is 5.82 Å². The highest BCUT2D eigenvalue weighted by Crippen LogP contribution is 2.18. The fraction of sp³-hybridized carbons (Fsp3) is 0.333. The second-order valence-electron chi connectivity index (χ2n) is 3.50. The van der Waals surface area contributed by atoms with Crippen molar-refractivity contribution in [2.45, 2.75) is 13.3 Å². The van der Waals surface area contributed by atoms with Gasteiger partial charge in [-0.3, -0.25) is 4.99 Å². The van der Waals surface area contributed by atoms with Crippen molar-refractivity contribution in [2.24, 2.45) is 4.99 Å². The van der Waals surface area contributed by atoms with E-state index in [2.05, 4.69) is 4.99 Å². The van der Waals surface area contributed by atoms with Crippen LogP contribution in [0.3, 0.4) is 0 Å². The Bertz CT molecular complexity index is 454. The average molecular weight is 221 g/mol. The number of benzene rings is 1. The summed E-state index contributed by atoms with van der Waals surface area (Å²) in [4.78, 5) is 15.7. The van der Waals surface area contributed by atoms with Crippen LogP contribution in [-0.4, -0.2) is 24.8 Å². The highest BCUT2D eigenvalue weighted by atomic mass is 19.1. The predicted molar refractivity (Wildman–Crippen MR) is 58.1 cm³/mol. The van der Waals surface area contributed by atoms with E-state index in [9.17, 15) is 9.18 Å². The molecular formula is C12H12FNO2. The zero-order valence-corrected chi connectivity index (χ0v) is 9.00. The van der Waals surface area contributed by atoms with Gasteiger partial charge in [0.2, 0.25) is 0 Å². The first-order valence-electron chi connectivity index (χ1n) is 5.22. The number of halogens is 1. The molecule has 1 aliphatic heterocycles. The van der Waals surface area contributed by atoms with Gasteiger partial charge in [0.05, 0.1) is 6.61 Å². The Labute approximate surface area is 93.0 Å². The van der Waals surface area contributed by atoms with Crippen LogP contribution in [0.5, 0.6) is 0 Å². The number of rotatable bonds is 2. The minimum atomic E-state index is -0.435. The van der Waals surface area contributed by atoms with Crippen molar-refractivity contribution < 1.29 is 13.9 Å². The minimum Gasteiger partial charge on any atom is -0.461 e. The van der Waals surface area contributed by atoms with Gasteiger partial charge >= 0.3 is 5.97 Å². The van der Waals surface area contributed by atoms with Crippen LogP contribution in [-0.2, 0) is 16.0 Å². The molecule has 4 heteroatoms. The summed E-state index contributed by atoms with van der Waals surface area (Å²) >= 11 is 0. The summed E-state index contributed by atoms with van der Waals surface area (Å²) in [6.45, 7) is 2.56. The van der Waals surface area contributed by atoms with Gasteiger partial charge in [-0.2, -0.15) is 0 Å². The van der Waals surface area contributed by atoms with Gasteiger partial charge in [-0.05, 0) is 37.1 Å². The van der Waals surface area contributed by atoms with Crippen LogP contribution in [0, 0.1) is 5.82 Å². The molecule has 1 aliphatic rings. The summed E-state index contributed by atoms with van der Waals surface area (Å²) in [5.41, 5.74) is 1.81. The van der Waals surface area contributed by atoms with E-state index < -0.39 is 5.97 Å². The monoisotopic (exact) mass is 221 g/mol. The zero-order valence-electron chi connectivity index (χ0n) is 9.00. The predicted octanol–water partition coefficient (Wildman–Crippen LogP) is 1.73. The fourth-order valence-electron chi connectivity index (χ4n) is 1.75. The summed E-state index contributed by atoms with van der Waals surface area (Å²) in [6.07, 6.45) is 0.663. The smallest absolute Gasteiger partial charge is 0.357 e. The van der Waals surface area contributed by atoms with Crippen molar-refractivity contribution in [3.63, 3.8) is 0 Å². The molecule has 0 fully saturated rings. The van der Waals surface area contributed by atoms with Crippen molar-refractivity contribution in [2.75, 3.05) is 13.2 Å². The molecule has 0 bridgehead atoms. The van der Waals surface area contributed by atoms with Gasteiger partial charge in [-0.15, -0.1) is 0 Å². The van der Waals surface area contributed by atoms with Gasteiger partial charge in [0.25, 0.3) is 0 Å². The number of esters is 1. The van der Waals surface area contributed by atoms with Crippen LogP contribution in [0.1, 0.15) is 18.1 Å². The molecule has 3 nitrogen and oxygen atoms in total. The lowest BCUT2D eigenvalue weighted by atomic mass is 9.97. The lowest BCUT2D eigenvalue weighted by Crippen LogP contribution is -2.24. The number of hydrogen-bond donors (Lipinski definition) is 0.